The van der Waals surface area contributed by atoms with Crippen molar-refractivity contribution in [1.82, 2.24) is 0 Å². The lowest BCUT2D eigenvalue weighted by atomic mass is 10.2. The summed E-state index contributed by atoms with van der Waals surface area (Å²) < 4.78 is 25.1. The van der Waals surface area contributed by atoms with E-state index in [0.717, 1.165) is 6.07 Å². The summed E-state index contributed by atoms with van der Waals surface area (Å²) in [4.78, 5) is 10.7. The number of aromatic carboxylic acids is 1. The number of nitrogens with one attached hydrogen (secondary N) is 1. The number of phenols is 1. The van der Waals surface area contributed by atoms with E-state index >= 15 is 0 Å². The van der Waals surface area contributed by atoms with Crippen molar-refractivity contribution in [2.45, 2.75) is 12.2 Å². The van der Waals surface area contributed by atoms with E-state index in [1.54, 1.807) is 0 Å². The summed E-state index contributed by atoms with van der Waals surface area (Å²) in [6.45, 7) is 1.17. The number of hydrogen-bond acceptors (Lipinski definition) is 5. The number of carboxylic acid groups (broad SMARTS) is 1. The highest BCUT2D eigenvalue weighted by atomic mass is 32.2. The molecule has 0 radical (unpaired) electrons. The zero-order chi connectivity index (χ0) is 13.9. The predicted octanol–water partition coefficient (Wildman–Crippen LogP) is 0.744. The third-order valence-electron chi connectivity index (χ3n) is 2.17. The van der Waals surface area contributed by atoms with Gasteiger partial charge in [0.25, 0.3) is 0 Å². The average Bonchev–Trinajstić information content (AvgIpc) is 2.30. The molecule has 1 aromatic carbocycles. The van der Waals surface area contributed by atoms with Crippen LogP contribution in [0.4, 0.5) is 5.69 Å². The zero-order valence-electron chi connectivity index (χ0n) is 9.28. The first-order valence-corrected chi connectivity index (χ1v) is 6.30. The zero-order valence-corrected chi connectivity index (χ0v) is 10.1. The molecule has 0 fully saturated rings. The standard InChI is InChI=1S/C10H10N2O5S/c1-6(5-11)18(16,17)12-8-4-2-3-7(9(8)13)10(14)15/h2-4,6,12-13H,1H3,(H,14,15). The molecule has 96 valence electrons. The first-order chi connectivity index (χ1) is 8.29. The van der Waals surface area contributed by atoms with Crippen molar-refractivity contribution >= 4 is 21.7 Å². The normalized spacial score (nSPS) is 12.4. The Morgan fingerprint density at radius 2 is 2.11 bits per heavy atom. The Kier molecular flexibility index (Phi) is 3.78. The maximum atomic E-state index is 11.6. The van der Waals surface area contributed by atoms with E-state index in [-0.39, 0.29) is 5.69 Å². The van der Waals surface area contributed by atoms with Crippen molar-refractivity contribution in [3.8, 4) is 11.8 Å². The van der Waals surface area contributed by atoms with E-state index in [0.29, 0.717) is 0 Å². The Balaban J connectivity index is 3.19. The number of anilines is 1. The molecule has 0 aliphatic carbocycles. The molecule has 0 aliphatic rings. The molecule has 7 nitrogen and oxygen atoms in total. The molecule has 0 spiro atoms. The van der Waals surface area contributed by atoms with Gasteiger partial charge < -0.3 is 10.2 Å². The van der Waals surface area contributed by atoms with Crippen LogP contribution in [0.15, 0.2) is 18.2 Å². The van der Waals surface area contributed by atoms with Crippen LogP contribution in [0.5, 0.6) is 5.75 Å². The lowest BCUT2D eigenvalue weighted by molar-refractivity contribution is 0.0694. The van der Waals surface area contributed by atoms with Crippen LogP contribution in [0.2, 0.25) is 0 Å². The minimum atomic E-state index is -3.99. The van der Waals surface area contributed by atoms with Gasteiger partial charge in [-0.15, -0.1) is 0 Å². The second-order valence-electron chi connectivity index (χ2n) is 3.43. The maximum absolute atomic E-state index is 11.6. The van der Waals surface area contributed by atoms with Gasteiger partial charge in [-0.05, 0) is 19.1 Å². The molecule has 18 heavy (non-hydrogen) atoms. The van der Waals surface area contributed by atoms with Gasteiger partial charge in [0.15, 0.2) is 11.0 Å². The Morgan fingerprint density at radius 3 is 2.61 bits per heavy atom. The first-order valence-electron chi connectivity index (χ1n) is 4.76. The Bertz CT molecular complexity index is 618. The van der Waals surface area contributed by atoms with Crippen LogP contribution in [0.1, 0.15) is 17.3 Å². The van der Waals surface area contributed by atoms with Crippen molar-refractivity contribution in [1.29, 1.82) is 5.26 Å². The predicted molar refractivity (Wildman–Crippen MR) is 62.7 cm³/mol. The third kappa shape index (κ3) is 2.70. The molecule has 3 N–H and O–H groups in total. The molecule has 1 atom stereocenters. The number of rotatable bonds is 4. The van der Waals surface area contributed by atoms with Gasteiger partial charge in [0.1, 0.15) is 5.56 Å². The summed E-state index contributed by atoms with van der Waals surface area (Å²) in [6, 6.07) is 5.14. The second kappa shape index (κ2) is 4.93. The average molecular weight is 270 g/mol. The van der Waals surface area contributed by atoms with Gasteiger partial charge >= 0.3 is 5.97 Å². The van der Waals surface area contributed by atoms with Crippen molar-refractivity contribution in [3.05, 3.63) is 23.8 Å². The molecule has 8 heteroatoms. The lowest BCUT2D eigenvalue weighted by Gasteiger charge is -2.11. The number of nitrogens with zero attached hydrogens (tertiary/aromatic N) is 1. The van der Waals surface area contributed by atoms with E-state index in [9.17, 15) is 18.3 Å². The molecule has 0 aromatic heterocycles. The minimum absolute atomic E-state index is 0.281. The quantitative estimate of drug-likeness (QED) is 0.692. The number of carbonyl (C=O) groups is 1. The van der Waals surface area contributed by atoms with Crippen LogP contribution in [-0.4, -0.2) is 29.9 Å². The summed E-state index contributed by atoms with van der Waals surface area (Å²) >= 11 is 0. The van der Waals surface area contributed by atoms with Gasteiger partial charge in [-0.2, -0.15) is 5.26 Å². The molecule has 0 bridgehead atoms. The van der Waals surface area contributed by atoms with E-state index in [1.807, 2.05) is 4.72 Å². The molecule has 0 saturated heterocycles. The second-order valence-corrected chi connectivity index (χ2v) is 5.43. The van der Waals surface area contributed by atoms with E-state index in [2.05, 4.69) is 0 Å². The first kappa shape index (κ1) is 13.8. The van der Waals surface area contributed by atoms with Gasteiger partial charge in [-0.1, -0.05) is 6.07 Å². The van der Waals surface area contributed by atoms with Crippen LogP contribution < -0.4 is 4.72 Å². The molecule has 1 aromatic rings. The fraction of sp³-hybridized carbons (Fsp3) is 0.200. The fourth-order valence-corrected chi connectivity index (χ4v) is 1.90. The monoisotopic (exact) mass is 270 g/mol. The minimum Gasteiger partial charge on any atom is -0.505 e. The van der Waals surface area contributed by atoms with Crippen LogP contribution in [0.25, 0.3) is 0 Å². The Labute approximate surface area is 103 Å². The van der Waals surface area contributed by atoms with Gasteiger partial charge in [-0.25, -0.2) is 13.2 Å². The van der Waals surface area contributed by atoms with E-state index in [1.165, 1.54) is 25.1 Å². The number of benzene rings is 1. The number of aromatic hydroxyl groups is 1. The highest BCUT2D eigenvalue weighted by molar-refractivity contribution is 7.93. The molecule has 1 unspecified atom stereocenters. The largest absolute Gasteiger partial charge is 0.505 e. The van der Waals surface area contributed by atoms with Crippen LogP contribution in [0.3, 0.4) is 0 Å². The van der Waals surface area contributed by atoms with Crippen LogP contribution in [0, 0.1) is 11.3 Å². The molecule has 0 heterocycles. The van der Waals surface area contributed by atoms with Gasteiger partial charge in [0, 0.05) is 0 Å². The lowest BCUT2D eigenvalue weighted by Crippen LogP contribution is -2.24. The summed E-state index contributed by atoms with van der Waals surface area (Å²) in [5.41, 5.74) is -0.711. The van der Waals surface area contributed by atoms with Crippen molar-refractivity contribution in [2.75, 3.05) is 4.72 Å². The summed E-state index contributed by atoms with van der Waals surface area (Å²) in [7, 11) is -3.99. The Morgan fingerprint density at radius 1 is 1.50 bits per heavy atom. The number of sulfonamides is 1. The molecule has 0 saturated carbocycles. The smallest absolute Gasteiger partial charge is 0.339 e. The van der Waals surface area contributed by atoms with Crippen molar-refractivity contribution in [2.24, 2.45) is 0 Å². The fourth-order valence-electron chi connectivity index (χ4n) is 1.11. The van der Waals surface area contributed by atoms with Crippen molar-refractivity contribution < 1.29 is 23.4 Å². The molecule has 0 amide bonds. The van der Waals surface area contributed by atoms with Crippen LogP contribution in [-0.2, 0) is 10.0 Å². The summed E-state index contributed by atoms with van der Waals surface area (Å²) in [5, 5.41) is 25.5. The molecular formula is C10H10N2O5S. The maximum Gasteiger partial charge on any atom is 0.339 e. The van der Waals surface area contributed by atoms with Crippen LogP contribution >= 0.6 is 0 Å². The van der Waals surface area contributed by atoms with Gasteiger partial charge in [-0.3, -0.25) is 4.72 Å². The van der Waals surface area contributed by atoms with Crippen molar-refractivity contribution in [3.63, 3.8) is 0 Å². The number of carboxylic acids is 1. The Hall–Kier alpha value is -2.27. The highest BCUT2D eigenvalue weighted by Gasteiger charge is 2.22. The number of hydrogen-bond donors (Lipinski definition) is 3. The van der Waals surface area contributed by atoms with E-state index in [4.69, 9.17) is 10.4 Å². The van der Waals surface area contributed by atoms with E-state index < -0.39 is 32.6 Å². The molecular weight excluding hydrogens is 260 g/mol. The molecule has 1 rings (SSSR count). The summed E-state index contributed by atoms with van der Waals surface area (Å²) in [5.74, 6) is -2.08. The third-order valence-corrected chi connectivity index (χ3v) is 3.71. The topological polar surface area (TPSA) is 127 Å². The van der Waals surface area contributed by atoms with Gasteiger partial charge in [0.2, 0.25) is 10.0 Å². The number of nitriles is 1. The molecule has 0 aliphatic heterocycles. The van der Waals surface area contributed by atoms with Gasteiger partial charge in [0.05, 0.1) is 11.8 Å². The number of para-hydroxylation sites is 1. The highest BCUT2D eigenvalue weighted by Crippen LogP contribution is 2.28. The summed E-state index contributed by atoms with van der Waals surface area (Å²) in [6.07, 6.45) is 0. The SMILES string of the molecule is CC(C#N)S(=O)(=O)Nc1cccc(C(=O)O)c1O.